The molecule has 0 atom stereocenters. The Hall–Kier alpha value is -5.40. The number of para-hydroxylation sites is 1. The van der Waals surface area contributed by atoms with Crippen molar-refractivity contribution >= 4 is 65.0 Å². The van der Waals surface area contributed by atoms with E-state index in [1.54, 1.807) is 0 Å². The van der Waals surface area contributed by atoms with Crippen molar-refractivity contribution in [3.63, 3.8) is 0 Å². The van der Waals surface area contributed by atoms with E-state index in [0.29, 0.717) is 5.56 Å². The lowest BCUT2D eigenvalue weighted by Gasteiger charge is -2.18. The van der Waals surface area contributed by atoms with Gasteiger partial charge in [0.05, 0.1) is 9.60 Å². The highest BCUT2D eigenvalue weighted by atomic mass is 16.3. The van der Waals surface area contributed by atoms with E-state index in [-0.39, 0.29) is 46.5 Å². The van der Waals surface area contributed by atoms with Crippen LogP contribution in [0.25, 0.3) is 87.3 Å². The summed E-state index contributed by atoms with van der Waals surface area (Å²) in [5.41, 5.74) is 4.19. The van der Waals surface area contributed by atoms with Crippen LogP contribution in [0.4, 0.5) is 0 Å². The number of fused-ring (bicyclic) bond motifs is 8. The molecule has 0 saturated carbocycles. The maximum atomic E-state index is 9.18. The first-order chi connectivity index (χ1) is 23.3. The van der Waals surface area contributed by atoms with Gasteiger partial charge in [-0.15, -0.1) is 0 Å². The molecule has 0 aliphatic carbocycles. The average Bonchev–Trinajstić information content (AvgIpc) is 3.51. The van der Waals surface area contributed by atoms with Crippen molar-refractivity contribution < 1.29 is 14.0 Å². The summed E-state index contributed by atoms with van der Waals surface area (Å²) in [5.74, 6) is 0. The fourth-order valence-corrected chi connectivity index (χ4v) is 6.41. The molecular formula is C40H24O. The maximum Gasteiger partial charge on any atom is 0.143 e. The first-order valence-corrected chi connectivity index (χ1v) is 13.5. The van der Waals surface area contributed by atoms with E-state index in [1.807, 2.05) is 66.7 Å². The van der Waals surface area contributed by atoms with Crippen LogP contribution in [0.3, 0.4) is 0 Å². The van der Waals surface area contributed by atoms with Gasteiger partial charge in [0, 0.05) is 27.3 Å². The average molecular weight is 528 g/mol. The monoisotopic (exact) mass is 527 g/mol. The molecule has 0 fully saturated rings. The molecule has 0 aliphatic heterocycles. The standard InChI is InChI=1S/C40H24O/c1-3-14-27-25(11-1)13-9-20-29(27)37-30-16-5-7-18-32(30)38(33-19-8-6-17-31(33)37)36-22-10-21-34-35-24-23-26-12-2-4-15-28(26)39(35)41-40(34)36/h1-24H/i1D,3D,9D,11D,13D,14D,20D. The molecule has 9 aromatic rings. The maximum absolute atomic E-state index is 9.18. The van der Waals surface area contributed by atoms with Crippen LogP contribution in [0, 0.1) is 0 Å². The van der Waals surface area contributed by atoms with Gasteiger partial charge in [-0.25, -0.2) is 0 Å². The second-order valence-corrected chi connectivity index (χ2v) is 10.3. The van der Waals surface area contributed by atoms with Gasteiger partial charge in [-0.2, -0.15) is 0 Å². The zero-order valence-corrected chi connectivity index (χ0v) is 21.7. The molecule has 1 heterocycles. The second kappa shape index (κ2) is 8.55. The molecule has 190 valence electrons. The molecule has 9 rings (SSSR count). The van der Waals surface area contributed by atoms with Gasteiger partial charge in [0.25, 0.3) is 0 Å². The van der Waals surface area contributed by atoms with Gasteiger partial charge >= 0.3 is 0 Å². The zero-order valence-electron chi connectivity index (χ0n) is 28.7. The van der Waals surface area contributed by atoms with Crippen molar-refractivity contribution in [1.82, 2.24) is 0 Å². The minimum Gasteiger partial charge on any atom is -0.455 e. The zero-order chi connectivity index (χ0) is 33.0. The predicted molar refractivity (Wildman–Crippen MR) is 175 cm³/mol. The summed E-state index contributed by atoms with van der Waals surface area (Å²) in [6, 6.07) is 31.5. The smallest absolute Gasteiger partial charge is 0.143 e. The molecule has 1 aromatic heterocycles. The van der Waals surface area contributed by atoms with Crippen LogP contribution in [0.5, 0.6) is 0 Å². The Morgan fingerprint density at radius 3 is 1.71 bits per heavy atom. The van der Waals surface area contributed by atoms with Crippen LogP contribution in [-0.4, -0.2) is 0 Å². The highest BCUT2D eigenvalue weighted by Crippen LogP contribution is 2.47. The van der Waals surface area contributed by atoms with E-state index in [0.717, 1.165) is 65.4 Å². The minimum absolute atomic E-state index is 0.0616. The number of furan rings is 1. The van der Waals surface area contributed by atoms with Crippen molar-refractivity contribution in [3.8, 4) is 22.3 Å². The van der Waals surface area contributed by atoms with Crippen molar-refractivity contribution in [1.29, 1.82) is 0 Å². The number of hydrogen-bond donors (Lipinski definition) is 0. The van der Waals surface area contributed by atoms with Gasteiger partial charge in [-0.3, -0.25) is 0 Å². The van der Waals surface area contributed by atoms with E-state index >= 15 is 0 Å². The third-order valence-electron chi connectivity index (χ3n) is 8.15. The van der Waals surface area contributed by atoms with Crippen LogP contribution in [-0.2, 0) is 0 Å². The lowest BCUT2D eigenvalue weighted by atomic mass is 9.84. The van der Waals surface area contributed by atoms with Crippen molar-refractivity contribution in [2.45, 2.75) is 0 Å². The summed E-state index contributed by atoms with van der Waals surface area (Å²) in [4.78, 5) is 0. The second-order valence-electron chi connectivity index (χ2n) is 10.3. The number of rotatable bonds is 2. The quantitative estimate of drug-likeness (QED) is 0.204. The molecule has 1 nitrogen and oxygen atoms in total. The minimum atomic E-state index is -0.471. The Labute approximate surface area is 246 Å². The molecule has 0 radical (unpaired) electrons. The van der Waals surface area contributed by atoms with E-state index in [1.165, 1.54) is 0 Å². The highest BCUT2D eigenvalue weighted by molar-refractivity contribution is 6.26. The van der Waals surface area contributed by atoms with E-state index in [4.69, 9.17) is 12.6 Å². The van der Waals surface area contributed by atoms with Crippen molar-refractivity contribution in [2.24, 2.45) is 0 Å². The molecule has 0 unspecified atom stereocenters. The fraction of sp³-hybridized carbons (Fsp3) is 0. The molecule has 8 aromatic carbocycles. The van der Waals surface area contributed by atoms with Gasteiger partial charge in [-0.05, 0) is 54.9 Å². The molecular weight excluding hydrogens is 496 g/mol. The molecule has 41 heavy (non-hydrogen) atoms. The van der Waals surface area contributed by atoms with Gasteiger partial charge in [0.2, 0.25) is 0 Å². The van der Waals surface area contributed by atoms with E-state index in [2.05, 4.69) is 36.4 Å². The largest absolute Gasteiger partial charge is 0.455 e. The van der Waals surface area contributed by atoms with E-state index < -0.39 is 12.1 Å². The Kier molecular flexibility index (Phi) is 3.47. The lowest BCUT2D eigenvalue weighted by Crippen LogP contribution is -1.91. The third kappa shape index (κ3) is 3.18. The summed E-state index contributed by atoms with van der Waals surface area (Å²) in [6.45, 7) is 0. The summed E-state index contributed by atoms with van der Waals surface area (Å²) >= 11 is 0. The summed E-state index contributed by atoms with van der Waals surface area (Å²) in [5, 5.41) is 7.38. The normalized spacial score (nSPS) is 14.3. The lowest BCUT2D eigenvalue weighted by molar-refractivity contribution is 0.674. The van der Waals surface area contributed by atoms with Gasteiger partial charge in [0.1, 0.15) is 11.2 Å². The summed E-state index contributed by atoms with van der Waals surface area (Å²) in [7, 11) is 0. The molecule has 0 bridgehead atoms. The Bertz CT molecular complexity index is 2810. The first-order valence-electron chi connectivity index (χ1n) is 17.0. The highest BCUT2D eigenvalue weighted by Gasteiger charge is 2.21. The van der Waals surface area contributed by atoms with Crippen molar-refractivity contribution in [2.75, 3.05) is 0 Å². The van der Waals surface area contributed by atoms with Crippen molar-refractivity contribution in [3.05, 3.63) is 145 Å². The number of benzene rings is 8. The third-order valence-corrected chi connectivity index (χ3v) is 8.15. The van der Waals surface area contributed by atoms with E-state index in [9.17, 15) is 1.37 Å². The predicted octanol–water partition coefficient (Wildman–Crippen LogP) is 11.5. The van der Waals surface area contributed by atoms with Crippen LogP contribution >= 0.6 is 0 Å². The van der Waals surface area contributed by atoms with Crippen LogP contribution in [0.15, 0.2) is 150 Å². The Balaban J connectivity index is 1.48. The molecule has 0 spiro atoms. The van der Waals surface area contributed by atoms with Gasteiger partial charge in [0.15, 0.2) is 0 Å². The van der Waals surface area contributed by atoms with Gasteiger partial charge < -0.3 is 4.42 Å². The summed E-state index contributed by atoms with van der Waals surface area (Å²) in [6.07, 6.45) is 0. The Morgan fingerprint density at radius 1 is 0.366 bits per heavy atom. The molecule has 1 heteroatoms. The molecule has 0 saturated heterocycles. The Morgan fingerprint density at radius 2 is 0.951 bits per heavy atom. The topological polar surface area (TPSA) is 13.1 Å². The fourth-order valence-electron chi connectivity index (χ4n) is 6.41. The molecule has 0 amide bonds. The first kappa shape index (κ1) is 16.6. The van der Waals surface area contributed by atoms with Crippen LogP contribution < -0.4 is 0 Å². The molecule has 0 aliphatic rings. The number of hydrogen-bond acceptors (Lipinski definition) is 1. The summed E-state index contributed by atoms with van der Waals surface area (Å²) < 4.78 is 67.8. The van der Waals surface area contributed by atoms with Gasteiger partial charge in [-0.1, -0.05) is 139 Å². The SMILES string of the molecule is [2H]c1c([2H])c([2H])c2c(-c3c4ccccc4c(-c4cccc5c4oc4c6ccccc6ccc54)c4ccccc34)c([2H])c([2H])c([2H])c2c1[2H]. The van der Waals surface area contributed by atoms with Crippen LogP contribution in [0.2, 0.25) is 0 Å². The van der Waals surface area contributed by atoms with Crippen LogP contribution in [0.1, 0.15) is 9.60 Å². The molecule has 0 N–H and O–H groups in total.